The van der Waals surface area contributed by atoms with Crippen LogP contribution in [0.2, 0.25) is 0 Å². The van der Waals surface area contributed by atoms with Gasteiger partial charge in [-0.1, -0.05) is 0 Å². The number of pyridine rings is 1. The van der Waals surface area contributed by atoms with Gasteiger partial charge in [-0.2, -0.15) is 0 Å². The smallest absolute Gasteiger partial charge is 0.168 e. The van der Waals surface area contributed by atoms with Crippen LogP contribution < -0.4 is 4.74 Å². The van der Waals surface area contributed by atoms with Crippen molar-refractivity contribution in [3.05, 3.63) is 24.0 Å². The van der Waals surface area contributed by atoms with Crippen molar-refractivity contribution < 1.29 is 19.4 Å². The van der Waals surface area contributed by atoms with Crippen molar-refractivity contribution in [1.29, 1.82) is 0 Å². The van der Waals surface area contributed by atoms with Crippen LogP contribution in [-0.2, 0) is 4.74 Å². The number of aldehydes is 1. The molecule has 1 rings (SSSR count). The van der Waals surface area contributed by atoms with Gasteiger partial charge in [0, 0.05) is 6.61 Å². The van der Waals surface area contributed by atoms with E-state index >= 15 is 0 Å². The Bertz CT molecular complexity index is 312. The van der Waals surface area contributed by atoms with Gasteiger partial charge in [0.15, 0.2) is 6.29 Å². The molecule has 0 aliphatic heterocycles. The summed E-state index contributed by atoms with van der Waals surface area (Å²) in [6.07, 6.45) is 1.44. The number of rotatable bonds is 7. The van der Waals surface area contributed by atoms with E-state index in [4.69, 9.17) is 9.47 Å². The maximum absolute atomic E-state index is 10.3. The standard InChI is InChI=1S/C11H15NO4/c1-2-15-7-10(14)8-16-11-4-3-9(6-13)12-5-11/h3-6,10,14H,2,7-8H2,1H3. The van der Waals surface area contributed by atoms with Gasteiger partial charge < -0.3 is 14.6 Å². The van der Waals surface area contributed by atoms with Crippen LogP contribution in [0.3, 0.4) is 0 Å². The van der Waals surface area contributed by atoms with Crippen LogP contribution >= 0.6 is 0 Å². The lowest BCUT2D eigenvalue weighted by molar-refractivity contribution is 0.0164. The van der Waals surface area contributed by atoms with E-state index in [1.807, 2.05) is 6.92 Å². The number of hydrogen-bond acceptors (Lipinski definition) is 5. The summed E-state index contributed by atoms with van der Waals surface area (Å²) in [6, 6.07) is 3.18. The molecular weight excluding hydrogens is 210 g/mol. The first-order valence-corrected chi connectivity index (χ1v) is 5.06. The van der Waals surface area contributed by atoms with Crippen LogP contribution in [-0.4, -0.2) is 42.3 Å². The number of aromatic nitrogens is 1. The maximum atomic E-state index is 10.3. The van der Waals surface area contributed by atoms with Crippen LogP contribution in [0, 0.1) is 0 Å². The van der Waals surface area contributed by atoms with Gasteiger partial charge >= 0.3 is 0 Å². The van der Waals surface area contributed by atoms with Crippen LogP contribution in [0.25, 0.3) is 0 Å². The number of ether oxygens (including phenoxy) is 2. The van der Waals surface area contributed by atoms with Crippen molar-refractivity contribution in [2.45, 2.75) is 13.0 Å². The van der Waals surface area contributed by atoms with E-state index in [1.165, 1.54) is 6.20 Å². The second kappa shape index (κ2) is 6.92. The molecule has 5 heteroatoms. The molecule has 0 bridgehead atoms. The van der Waals surface area contributed by atoms with E-state index in [-0.39, 0.29) is 13.2 Å². The van der Waals surface area contributed by atoms with Crippen LogP contribution in [0.1, 0.15) is 17.4 Å². The van der Waals surface area contributed by atoms with Gasteiger partial charge in [-0.15, -0.1) is 0 Å². The predicted molar refractivity (Wildman–Crippen MR) is 57.6 cm³/mol. The molecule has 1 heterocycles. The Hall–Kier alpha value is -1.46. The topological polar surface area (TPSA) is 68.7 Å². The molecule has 0 aromatic carbocycles. The molecule has 1 unspecified atom stereocenters. The molecule has 0 spiro atoms. The Kier molecular flexibility index (Phi) is 5.45. The zero-order valence-electron chi connectivity index (χ0n) is 9.13. The van der Waals surface area contributed by atoms with Crippen molar-refractivity contribution in [2.24, 2.45) is 0 Å². The third kappa shape index (κ3) is 4.37. The third-order valence-corrected chi connectivity index (χ3v) is 1.84. The van der Waals surface area contributed by atoms with Gasteiger partial charge in [0.2, 0.25) is 0 Å². The Morgan fingerprint density at radius 3 is 2.88 bits per heavy atom. The number of aliphatic hydroxyl groups is 1. The van der Waals surface area contributed by atoms with Gasteiger partial charge in [0.25, 0.3) is 0 Å². The number of hydrogen-bond donors (Lipinski definition) is 1. The first-order chi connectivity index (χ1) is 7.76. The summed E-state index contributed by atoms with van der Waals surface area (Å²) < 4.78 is 10.3. The summed E-state index contributed by atoms with van der Waals surface area (Å²) in [6.45, 7) is 2.81. The van der Waals surface area contributed by atoms with E-state index < -0.39 is 6.10 Å². The molecule has 0 aliphatic rings. The average molecular weight is 225 g/mol. The highest BCUT2D eigenvalue weighted by atomic mass is 16.5. The first kappa shape index (κ1) is 12.6. The summed E-state index contributed by atoms with van der Waals surface area (Å²) in [5, 5.41) is 9.42. The van der Waals surface area contributed by atoms with Crippen LogP contribution in [0.4, 0.5) is 0 Å². The highest BCUT2D eigenvalue weighted by molar-refractivity contribution is 5.71. The van der Waals surface area contributed by atoms with E-state index in [2.05, 4.69) is 4.98 Å². The van der Waals surface area contributed by atoms with Crippen molar-refractivity contribution >= 4 is 6.29 Å². The number of nitrogens with zero attached hydrogens (tertiary/aromatic N) is 1. The summed E-state index contributed by atoms with van der Waals surface area (Å²) >= 11 is 0. The summed E-state index contributed by atoms with van der Waals surface area (Å²) in [5.74, 6) is 0.515. The fraction of sp³-hybridized carbons (Fsp3) is 0.455. The van der Waals surface area contributed by atoms with Gasteiger partial charge in [0.05, 0.1) is 12.8 Å². The predicted octanol–water partition coefficient (Wildman–Crippen LogP) is 0.670. The highest BCUT2D eigenvalue weighted by Gasteiger charge is 2.05. The van der Waals surface area contributed by atoms with Gasteiger partial charge in [0.1, 0.15) is 24.2 Å². The Balaban J connectivity index is 2.33. The average Bonchev–Trinajstić information content (AvgIpc) is 2.34. The lowest BCUT2D eigenvalue weighted by atomic mass is 10.3. The van der Waals surface area contributed by atoms with Crippen molar-refractivity contribution in [3.63, 3.8) is 0 Å². The number of carbonyl (C=O) groups excluding carboxylic acids is 1. The molecule has 0 aliphatic carbocycles. The van der Waals surface area contributed by atoms with E-state index in [9.17, 15) is 9.90 Å². The van der Waals surface area contributed by atoms with Crippen molar-refractivity contribution in [3.8, 4) is 5.75 Å². The molecule has 88 valence electrons. The second-order valence-electron chi connectivity index (χ2n) is 3.16. The quantitative estimate of drug-likeness (QED) is 0.691. The molecule has 16 heavy (non-hydrogen) atoms. The molecule has 0 saturated carbocycles. The minimum absolute atomic E-state index is 0.141. The van der Waals surface area contributed by atoms with Crippen molar-refractivity contribution in [2.75, 3.05) is 19.8 Å². The maximum Gasteiger partial charge on any atom is 0.168 e. The van der Waals surface area contributed by atoms with E-state index in [0.29, 0.717) is 24.3 Å². The summed E-state index contributed by atoms with van der Waals surface area (Å²) in [7, 11) is 0. The lowest BCUT2D eigenvalue weighted by Gasteiger charge is -2.11. The van der Waals surface area contributed by atoms with E-state index in [0.717, 1.165) is 0 Å². The van der Waals surface area contributed by atoms with Crippen LogP contribution in [0.5, 0.6) is 5.75 Å². The zero-order valence-corrected chi connectivity index (χ0v) is 9.13. The summed E-state index contributed by atoms with van der Waals surface area (Å²) in [5.41, 5.74) is 0.349. The second-order valence-corrected chi connectivity index (χ2v) is 3.16. The zero-order chi connectivity index (χ0) is 11.8. The molecule has 1 atom stereocenters. The molecule has 1 aromatic rings. The molecular formula is C11H15NO4. The Morgan fingerprint density at radius 2 is 2.31 bits per heavy atom. The van der Waals surface area contributed by atoms with Gasteiger partial charge in [-0.05, 0) is 19.1 Å². The number of carbonyl (C=O) groups is 1. The largest absolute Gasteiger partial charge is 0.489 e. The van der Waals surface area contributed by atoms with E-state index in [1.54, 1.807) is 12.1 Å². The molecule has 1 aromatic heterocycles. The fourth-order valence-corrected chi connectivity index (χ4v) is 1.04. The summed E-state index contributed by atoms with van der Waals surface area (Å²) in [4.78, 5) is 14.2. The SMILES string of the molecule is CCOCC(O)COc1ccc(C=O)nc1. The third-order valence-electron chi connectivity index (χ3n) is 1.84. The Labute approximate surface area is 94.0 Å². The normalized spacial score (nSPS) is 12.1. The minimum Gasteiger partial charge on any atom is -0.489 e. The molecule has 0 saturated heterocycles. The minimum atomic E-state index is -0.661. The molecule has 0 amide bonds. The molecule has 5 nitrogen and oxygen atoms in total. The lowest BCUT2D eigenvalue weighted by Crippen LogP contribution is -2.23. The van der Waals surface area contributed by atoms with Crippen molar-refractivity contribution in [1.82, 2.24) is 4.98 Å². The number of aliphatic hydroxyl groups excluding tert-OH is 1. The molecule has 1 N–H and O–H groups in total. The highest BCUT2D eigenvalue weighted by Crippen LogP contribution is 2.08. The monoisotopic (exact) mass is 225 g/mol. The molecule has 0 radical (unpaired) electrons. The fourth-order valence-electron chi connectivity index (χ4n) is 1.04. The van der Waals surface area contributed by atoms with Gasteiger partial charge in [-0.3, -0.25) is 4.79 Å². The van der Waals surface area contributed by atoms with Gasteiger partial charge in [-0.25, -0.2) is 4.98 Å². The first-order valence-electron chi connectivity index (χ1n) is 5.06. The Morgan fingerprint density at radius 1 is 1.50 bits per heavy atom. The molecule has 0 fully saturated rings. The van der Waals surface area contributed by atoms with Crippen LogP contribution in [0.15, 0.2) is 18.3 Å².